The highest BCUT2D eigenvalue weighted by Gasteiger charge is 2.61. The van der Waals surface area contributed by atoms with Gasteiger partial charge in [-0.1, -0.05) is 6.07 Å². The first-order valence-corrected chi connectivity index (χ1v) is 7.14. The predicted molar refractivity (Wildman–Crippen MR) is 76.8 cm³/mol. The molecule has 8 heteroatoms. The SMILES string of the molecule is Cc1nnc(-c2cccc(NC(=O)C(F)(F)C3(O)CCC3)c2)o1. The molecule has 0 bridgehead atoms. The van der Waals surface area contributed by atoms with E-state index in [0.29, 0.717) is 17.9 Å². The highest BCUT2D eigenvalue weighted by molar-refractivity contribution is 5.97. The van der Waals surface area contributed by atoms with Crippen molar-refractivity contribution in [3.63, 3.8) is 0 Å². The van der Waals surface area contributed by atoms with Crippen LogP contribution >= 0.6 is 0 Å². The van der Waals surface area contributed by atoms with E-state index in [-0.39, 0.29) is 24.4 Å². The van der Waals surface area contributed by atoms with Crippen molar-refractivity contribution in [1.82, 2.24) is 10.2 Å². The van der Waals surface area contributed by atoms with Crippen molar-refractivity contribution in [3.05, 3.63) is 30.2 Å². The molecule has 0 radical (unpaired) electrons. The van der Waals surface area contributed by atoms with E-state index in [0.717, 1.165) is 0 Å². The second-order valence-corrected chi connectivity index (χ2v) is 5.62. The third-order valence-corrected chi connectivity index (χ3v) is 3.94. The first kappa shape index (κ1) is 15.5. The first-order valence-electron chi connectivity index (χ1n) is 7.14. The monoisotopic (exact) mass is 323 g/mol. The van der Waals surface area contributed by atoms with Crippen LogP contribution in [0.3, 0.4) is 0 Å². The lowest BCUT2D eigenvalue weighted by Gasteiger charge is -2.41. The Morgan fingerprint density at radius 1 is 1.39 bits per heavy atom. The van der Waals surface area contributed by atoms with Crippen molar-refractivity contribution in [3.8, 4) is 11.5 Å². The summed E-state index contributed by atoms with van der Waals surface area (Å²) >= 11 is 0. The Kier molecular flexibility index (Phi) is 3.63. The minimum Gasteiger partial charge on any atom is -0.421 e. The number of hydrogen-bond acceptors (Lipinski definition) is 5. The summed E-state index contributed by atoms with van der Waals surface area (Å²) in [4.78, 5) is 11.9. The van der Waals surface area contributed by atoms with Crippen LogP contribution < -0.4 is 5.32 Å². The van der Waals surface area contributed by atoms with Gasteiger partial charge in [-0.25, -0.2) is 0 Å². The van der Waals surface area contributed by atoms with Crippen molar-refractivity contribution in [2.45, 2.75) is 37.7 Å². The summed E-state index contributed by atoms with van der Waals surface area (Å²) in [5.41, 5.74) is -1.60. The molecule has 3 rings (SSSR count). The standard InChI is InChI=1S/C15H15F2N3O3/c1-9-19-20-12(23-9)10-4-2-5-11(8-10)18-13(21)15(16,17)14(22)6-3-7-14/h2,4-5,8,22H,3,6-7H2,1H3,(H,18,21). The van der Waals surface area contributed by atoms with Crippen LogP contribution in [0.25, 0.3) is 11.5 Å². The number of carbonyl (C=O) groups excluding carboxylic acids is 1. The van der Waals surface area contributed by atoms with Crippen LogP contribution in [0.2, 0.25) is 0 Å². The molecule has 0 atom stereocenters. The molecule has 1 aliphatic rings. The quantitative estimate of drug-likeness (QED) is 0.902. The molecular weight excluding hydrogens is 308 g/mol. The van der Waals surface area contributed by atoms with E-state index in [1.165, 1.54) is 12.1 Å². The number of aryl methyl sites for hydroxylation is 1. The normalized spacial score (nSPS) is 16.7. The van der Waals surface area contributed by atoms with Gasteiger partial charge >= 0.3 is 5.92 Å². The smallest absolute Gasteiger partial charge is 0.352 e. The number of hydrogen-bond donors (Lipinski definition) is 2. The lowest BCUT2D eigenvalue weighted by atomic mass is 9.75. The molecule has 1 fully saturated rings. The number of amides is 1. The summed E-state index contributed by atoms with van der Waals surface area (Å²) in [6, 6.07) is 6.14. The maximum atomic E-state index is 14.1. The summed E-state index contributed by atoms with van der Waals surface area (Å²) < 4.78 is 33.4. The summed E-state index contributed by atoms with van der Waals surface area (Å²) in [5.74, 6) is -4.78. The topological polar surface area (TPSA) is 88.2 Å². The fraction of sp³-hybridized carbons (Fsp3) is 0.400. The van der Waals surface area contributed by atoms with Gasteiger partial charge in [-0.3, -0.25) is 4.79 Å². The van der Waals surface area contributed by atoms with Gasteiger partial charge in [0.05, 0.1) is 0 Å². The number of anilines is 1. The van der Waals surface area contributed by atoms with E-state index in [4.69, 9.17) is 4.42 Å². The minimum atomic E-state index is -3.84. The van der Waals surface area contributed by atoms with Gasteiger partial charge in [-0.2, -0.15) is 8.78 Å². The Balaban J connectivity index is 1.79. The van der Waals surface area contributed by atoms with E-state index in [2.05, 4.69) is 15.5 Å². The third kappa shape index (κ3) is 2.70. The lowest BCUT2D eigenvalue weighted by molar-refractivity contribution is -0.212. The zero-order valence-corrected chi connectivity index (χ0v) is 12.3. The van der Waals surface area contributed by atoms with Gasteiger partial charge in [0.1, 0.15) is 5.60 Å². The van der Waals surface area contributed by atoms with Crippen molar-refractivity contribution in [2.75, 3.05) is 5.32 Å². The maximum absolute atomic E-state index is 14.1. The minimum absolute atomic E-state index is 0.0886. The number of carbonyl (C=O) groups is 1. The lowest BCUT2D eigenvalue weighted by Crippen LogP contribution is -2.59. The molecule has 23 heavy (non-hydrogen) atoms. The number of benzene rings is 1. The van der Waals surface area contributed by atoms with E-state index in [1.807, 2.05) is 0 Å². The zero-order valence-electron chi connectivity index (χ0n) is 12.3. The molecule has 2 aromatic rings. The van der Waals surface area contributed by atoms with Gasteiger partial charge in [-0.15, -0.1) is 10.2 Å². The van der Waals surface area contributed by atoms with Crippen LogP contribution in [0.5, 0.6) is 0 Å². The van der Waals surface area contributed by atoms with Crippen molar-refractivity contribution >= 4 is 11.6 Å². The number of aliphatic hydroxyl groups is 1. The molecular formula is C15H15F2N3O3. The Labute approximate surface area is 130 Å². The molecule has 1 aromatic heterocycles. The number of halogens is 2. The van der Waals surface area contributed by atoms with Crippen LogP contribution in [-0.2, 0) is 4.79 Å². The average molecular weight is 323 g/mol. The van der Waals surface area contributed by atoms with Crippen LogP contribution in [0.1, 0.15) is 25.2 Å². The van der Waals surface area contributed by atoms with Gasteiger partial charge in [-0.05, 0) is 37.5 Å². The molecule has 0 saturated heterocycles. The van der Waals surface area contributed by atoms with Crippen LogP contribution in [0.4, 0.5) is 14.5 Å². The van der Waals surface area contributed by atoms with Crippen molar-refractivity contribution in [2.24, 2.45) is 0 Å². The summed E-state index contributed by atoms with van der Waals surface area (Å²) in [6.07, 6.45) is 0.300. The Morgan fingerprint density at radius 2 is 2.13 bits per heavy atom. The Hall–Kier alpha value is -2.35. The van der Waals surface area contributed by atoms with E-state index >= 15 is 0 Å². The number of nitrogens with one attached hydrogen (secondary N) is 1. The number of nitrogens with zero attached hydrogens (tertiary/aromatic N) is 2. The fourth-order valence-corrected chi connectivity index (χ4v) is 2.39. The zero-order chi connectivity index (χ0) is 16.7. The van der Waals surface area contributed by atoms with Gasteiger partial charge in [0.25, 0.3) is 5.91 Å². The second kappa shape index (κ2) is 5.38. The van der Waals surface area contributed by atoms with Gasteiger partial charge < -0.3 is 14.8 Å². The average Bonchev–Trinajstić information content (AvgIpc) is 2.91. The maximum Gasteiger partial charge on any atom is 0.352 e. The number of aromatic nitrogens is 2. The highest BCUT2D eigenvalue weighted by atomic mass is 19.3. The molecule has 0 unspecified atom stereocenters. The molecule has 1 saturated carbocycles. The third-order valence-electron chi connectivity index (χ3n) is 3.94. The van der Waals surface area contributed by atoms with Crippen LogP contribution in [-0.4, -0.2) is 32.7 Å². The summed E-state index contributed by atoms with van der Waals surface area (Å²) in [5, 5.41) is 19.4. The summed E-state index contributed by atoms with van der Waals surface area (Å²) in [6.45, 7) is 1.63. The van der Waals surface area contributed by atoms with Gasteiger partial charge in [0.15, 0.2) is 0 Å². The van der Waals surface area contributed by atoms with Crippen molar-refractivity contribution < 1.29 is 23.1 Å². The molecule has 0 spiro atoms. The van der Waals surface area contributed by atoms with Gasteiger partial charge in [0.2, 0.25) is 11.8 Å². The summed E-state index contributed by atoms with van der Waals surface area (Å²) in [7, 11) is 0. The highest BCUT2D eigenvalue weighted by Crippen LogP contribution is 2.44. The fourth-order valence-electron chi connectivity index (χ4n) is 2.39. The second-order valence-electron chi connectivity index (χ2n) is 5.62. The Bertz CT molecular complexity index is 741. The van der Waals surface area contributed by atoms with E-state index in [1.54, 1.807) is 19.1 Å². The Morgan fingerprint density at radius 3 is 2.70 bits per heavy atom. The first-order chi connectivity index (χ1) is 10.8. The molecule has 6 nitrogen and oxygen atoms in total. The molecule has 1 heterocycles. The van der Waals surface area contributed by atoms with Crippen LogP contribution in [0, 0.1) is 6.92 Å². The van der Waals surface area contributed by atoms with E-state index < -0.39 is 17.4 Å². The largest absolute Gasteiger partial charge is 0.421 e. The molecule has 122 valence electrons. The molecule has 1 aromatic carbocycles. The molecule has 2 N–H and O–H groups in total. The molecule has 1 amide bonds. The molecule has 0 aliphatic heterocycles. The van der Waals surface area contributed by atoms with Crippen LogP contribution in [0.15, 0.2) is 28.7 Å². The van der Waals surface area contributed by atoms with Gasteiger partial charge in [0, 0.05) is 18.2 Å². The number of rotatable bonds is 4. The number of alkyl halides is 2. The molecule has 1 aliphatic carbocycles. The van der Waals surface area contributed by atoms with E-state index in [9.17, 15) is 18.7 Å². The predicted octanol–water partition coefficient (Wildman–Crippen LogP) is 2.53. The van der Waals surface area contributed by atoms with Crippen molar-refractivity contribution in [1.29, 1.82) is 0 Å².